The second-order valence-corrected chi connectivity index (χ2v) is 5.30. The van der Waals surface area contributed by atoms with E-state index in [4.69, 9.17) is 30.7 Å². The summed E-state index contributed by atoms with van der Waals surface area (Å²) in [4.78, 5) is 0. The molecule has 26 heavy (non-hydrogen) atoms. The Balaban J connectivity index is 2.39. The van der Waals surface area contributed by atoms with E-state index in [1.807, 2.05) is 0 Å². The smallest absolute Gasteiger partial charge is 0.160 e. The Morgan fingerprint density at radius 2 is 1.81 bits per heavy atom. The Kier molecular flexibility index (Phi) is 3.54. The van der Waals surface area contributed by atoms with Gasteiger partial charge in [0.1, 0.15) is 12.3 Å². The summed E-state index contributed by atoms with van der Waals surface area (Å²) in [6.07, 6.45) is -9.98. The zero-order chi connectivity index (χ0) is 29.5. The molecule has 0 spiro atoms. The van der Waals surface area contributed by atoms with Gasteiger partial charge in [-0.3, -0.25) is 0 Å². The largest absolute Gasteiger partial charge is 0.493 e. The molecule has 0 saturated heterocycles. The lowest BCUT2D eigenvalue weighted by molar-refractivity contribution is 0.0976. The number of hydrogen-bond acceptors (Lipinski definition) is 4. The Morgan fingerprint density at radius 3 is 2.54 bits per heavy atom. The number of hydrogen-bond donors (Lipinski definition) is 1. The fourth-order valence-corrected chi connectivity index (χ4v) is 1.89. The van der Waals surface area contributed by atoms with Crippen molar-refractivity contribution in [3.05, 3.63) is 52.9 Å². The highest BCUT2D eigenvalue weighted by molar-refractivity contribution is 5.42. The summed E-state index contributed by atoms with van der Waals surface area (Å²) in [5, 5.41) is 10.6. The average Bonchev–Trinajstić information content (AvgIpc) is 2.82. The summed E-state index contributed by atoms with van der Waals surface area (Å²) in [5.41, 5.74) is 0.287. The maximum absolute atomic E-state index is 10.6. The standard InChI is InChI=1S/C22H30O4/c1-16-9-11-20(13-17(16)2)26-15-19(23)8-6-5-7-18-10-12-21(24-3)22(14-18)25-4/h9-14,19,23H,5-8,15H2,1-4H3/i5D2,8D2,9D,10D,11D,12D,13D,14D,15D2. The maximum atomic E-state index is 10.6. The molecule has 2 rings (SSSR count). The highest BCUT2D eigenvalue weighted by Crippen LogP contribution is 2.28. The lowest BCUT2D eigenvalue weighted by atomic mass is 10.0. The topological polar surface area (TPSA) is 47.9 Å². The molecule has 0 aromatic heterocycles. The van der Waals surface area contributed by atoms with Gasteiger partial charge in [0.2, 0.25) is 0 Å². The van der Waals surface area contributed by atoms with Crippen LogP contribution in [0.4, 0.5) is 0 Å². The third-order valence-corrected chi connectivity index (χ3v) is 3.43. The Labute approximate surface area is 173 Å². The molecule has 2 aromatic rings. The first-order valence-electron chi connectivity index (χ1n) is 13.9. The van der Waals surface area contributed by atoms with Crippen LogP contribution in [0.3, 0.4) is 0 Å². The van der Waals surface area contributed by atoms with Crippen LogP contribution >= 0.6 is 0 Å². The van der Waals surface area contributed by atoms with Crippen molar-refractivity contribution in [2.24, 2.45) is 0 Å². The van der Waals surface area contributed by atoms with Crippen LogP contribution in [0, 0.1) is 13.8 Å². The molecular formula is C22H30O4. The van der Waals surface area contributed by atoms with E-state index in [0.29, 0.717) is 5.56 Å². The van der Waals surface area contributed by atoms with Gasteiger partial charge in [0.15, 0.2) is 11.5 Å². The van der Waals surface area contributed by atoms with Gasteiger partial charge in [-0.15, -0.1) is 0 Å². The van der Waals surface area contributed by atoms with Crippen LogP contribution in [0.15, 0.2) is 36.3 Å². The minimum atomic E-state index is -3.24. The monoisotopic (exact) mass is 370 g/mol. The van der Waals surface area contributed by atoms with Crippen LogP contribution in [0.25, 0.3) is 0 Å². The van der Waals surface area contributed by atoms with Gasteiger partial charge in [-0.1, -0.05) is 18.5 Å². The first-order chi connectivity index (χ1) is 17.2. The second-order valence-electron chi connectivity index (χ2n) is 5.30. The molecule has 1 N–H and O–H groups in total. The van der Waals surface area contributed by atoms with Gasteiger partial charge in [0.05, 0.1) is 31.3 Å². The van der Waals surface area contributed by atoms with Crippen LogP contribution in [0.5, 0.6) is 17.2 Å². The lowest BCUT2D eigenvalue weighted by Crippen LogP contribution is -2.17. The Bertz CT molecular complexity index is 1190. The van der Waals surface area contributed by atoms with E-state index < -0.39 is 74.2 Å². The van der Waals surface area contributed by atoms with Crippen molar-refractivity contribution in [1.29, 1.82) is 0 Å². The van der Waals surface area contributed by atoms with Gasteiger partial charge in [-0.2, -0.15) is 0 Å². The van der Waals surface area contributed by atoms with Crippen molar-refractivity contribution in [3.63, 3.8) is 0 Å². The van der Waals surface area contributed by atoms with Gasteiger partial charge < -0.3 is 19.3 Å². The molecule has 0 bridgehead atoms. The number of aliphatic hydroxyl groups excluding tert-OH is 1. The molecule has 0 aliphatic heterocycles. The van der Waals surface area contributed by atoms with E-state index in [2.05, 4.69) is 0 Å². The van der Waals surface area contributed by atoms with Crippen molar-refractivity contribution in [1.82, 2.24) is 0 Å². The van der Waals surface area contributed by atoms with Crippen molar-refractivity contribution in [3.8, 4) is 17.2 Å². The number of benzene rings is 2. The summed E-state index contributed by atoms with van der Waals surface area (Å²) in [5.74, 6) is -1.05. The molecule has 4 nitrogen and oxygen atoms in total. The molecule has 2 aromatic carbocycles. The predicted molar refractivity (Wildman–Crippen MR) is 105 cm³/mol. The van der Waals surface area contributed by atoms with Crippen molar-refractivity contribution in [2.45, 2.75) is 45.5 Å². The summed E-state index contributed by atoms with van der Waals surface area (Å²) < 4.78 is 113. The third-order valence-electron chi connectivity index (χ3n) is 3.43. The van der Waals surface area contributed by atoms with Crippen LogP contribution in [-0.2, 0) is 6.42 Å². The van der Waals surface area contributed by atoms with E-state index in [-0.39, 0.29) is 28.7 Å². The van der Waals surface area contributed by atoms with E-state index in [0.717, 1.165) is 0 Å². The van der Waals surface area contributed by atoms with Crippen LogP contribution in [0.2, 0.25) is 0 Å². The summed E-state index contributed by atoms with van der Waals surface area (Å²) in [7, 11) is 2.42. The Morgan fingerprint density at radius 1 is 1.04 bits per heavy atom. The minimum absolute atomic E-state index is 0.187. The average molecular weight is 371 g/mol. The van der Waals surface area contributed by atoms with E-state index in [1.54, 1.807) is 0 Å². The van der Waals surface area contributed by atoms with Gasteiger partial charge >= 0.3 is 0 Å². The summed E-state index contributed by atoms with van der Waals surface area (Å²) in [6, 6.07) is -2.75. The van der Waals surface area contributed by atoms with Gasteiger partial charge in [-0.05, 0) is 73.9 Å². The molecule has 1 atom stereocenters. The normalized spacial score (nSPS) is 20.2. The number of methoxy groups -OCH3 is 2. The molecule has 4 heteroatoms. The van der Waals surface area contributed by atoms with Crippen molar-refractivity contribution >= 4 is 0 Å². The maximum Gasteiger partial charge on any atom is 0.160 e. The van der Waals surface area contributed by atoms with Gasteiger partial charge in [-0.25, -0.2) is 0 Å². The molecule has 0 fully saturated rings. The molecule has 1 unspecified atom stereocenters. The van der Waals surface area contributed by atoms with Crippen LogP contribution in [-0.4, -0.2) is 32.0 Å². The van der Waals surface area contributed by atoms with Gasteiger partial charge in [0, 0.05) is 5.48 Å². The van der Waals surface area contributed by atoms with Crippen LogP contribution < -0.4 is 14.2 Å². The quantitative estimate of drug-likeness (QED) is 0.670. The van der Waals surface area contributed by atoms with Crippen LogP contribution in [0.1, 0.15) is 52.3 Å². The zero-order valence-corrected chi connectivity index (χ0v) is 15.2. The molecule has 0 aliphatic carbocycles. The fraction of sp³-hybridized carbons (Fsp3) is 0.455. The second kappa shape index (κ2) is 10.1. The van der Waals surface area contributed by atoms with Crippen molar-refractivity contribution in [2.75, 3.05) is 20.8 Å². The van der Waals surface area contributed by atoms with E-state index in [1.165, 1.54) is 28.1 Å². The molecular weight excluding hydrogens is 328 g/mol. The third kappa shape index (κ3) is 5.95. The first kappa shape index (κ1) is 9.14. The molecule has 0 radical (unpaired) electrons. The first-order valence-corrected chi connectivity index (χ1v) is 7.88. The lowest BCUT2D eigenvalue weighted by Gasteiger charge is -2.13. The molecule has 0 aliphatic rings. The molecule has 0 heterocycles. The Hall–Kier alpha value is -2.20. The molecule has 0 amide bonds. The number of rotatable bonds is 10. The number of aliphatic hydroxyl groups is 1. The van der Waals surface area contributed by atoms with Gasteiger partial charge in [0.25, 0.3) is 0 Å². The fourth-order valence-electron chi connectivity index (χ4n) is 1.89. The summed E-state index contributed by atoms with van der Waals surface area (Å²) in [6.45, 7) is -0.258. The predicted octanol–water partition coefficient (Wildman–Crippen LogP) is 4.47. The highest BCUT2D eigenvalue weighted by atomic mass is 16.5. The van der Waals surface area contributed by atoms with Crippen molar-refractivity contribution < 1.29 is 35.8 Å². The number of ether oxygens (including phenoxy) is 3. The van der Waals surface area contributed by atoms with E-state index in [9.17, 15) is 5.11 Å². The minimum Gasteiger partial charge on any atom is -0.493 e. The molecule has 142 valence electrons. The highest BCUT2D eigenvalue weighted by Gasteiger charge is 2.07. The zero-order valence-electron chi connectivity index (χ0n) is 27.2. The van der Waals surface area contributed by atoms with E-state index >= 15 is 0 Å². The summed E-state index contributed by atoms with van der Waals surface area (Å²) >= 11 is 0. The molecule has 0 saturated carbocycles. The SMILES string of the molecule is [2H]c1c([2H])c(OC([2H])([2H])C(O)C([2H])([2H])CC([2H])([2H])Cc2c([2H])c([2H])c(OC)c(OC)c2[2H])c([2H])c(C)c1C.